The molecule has 1 aliphatic heterocycles. The van der Waals surface area contributed by atoms with E-state index in [1.54, 1.807) is 0 Å². The van der Waals surface area contributed by atoms with Crippen LogP contribution in [-0.4, -0.2) is 48.0 Å². The van der Waals surface area contributed by atoms with Crippen LogP contribution in [0.4, 0.5) is 0 Å². The third-order valence-corrected chi connectivity index (χ3v) is 4.57. The Morgan fingerprint density at radius 3 is 3.14 bits per heavy atom. The number of likely N-dealkylation sites (N-methyl/N-ethyl adjacent to an activating group) is 1. The standard InChI is InChI=1S/C17H24N4O/c1-19-13-5-4-8-21(11-13)17(22)15(18)9-12-10-20-16-7-3-2-6-14(12)16/h2-3,6-7,10,13,15,19-20H,4-5,8-9,11,18H2,1H3/t13?,15-/m0/s1. The zero-order valence-corrected chi connectivity index (χ0v) is 13.0. The number of amides is 1. The van der Waals surface area contributed by atoms with Gasteiger partial charge in [-0.25, -0.2) is 0 Å². The molecule has 22 heavy (non-hydrogen) atoms. The molecule has 1 fully saturated rings. The lowest BCUT2D eigenvalue weighted by molar-refractivity contribution is -0.133. The van der Waals surface area contributed by atoms with Crippen molar-refractivity contribution in [3.05, 3.63) is 36.0 Å². The van der Waals surface area contributed by atoms with Crippen LogP contribution in [-0.2, 0) is 11.2 Å². The van der Waals surface area contributed by atoms with Gasteiger partial charge in [-0.2, -0.15) is 0 Å². The molecule has 1 aromatic heterocycles. The fourth-order valence-electron chi connectivity index (χ4n) is 3.27. The van der Waals surface area contributed by atoms with Gasteiger partial charge in [0.1, 0.15) is 0 Å². The van der Waals surface area contributed by atoms with Crippen LogP contribution >= 0.6 is 0 Å². The smallest absolute Gasteiger partial charge is 0.239 e. The second kappa shape index (κ2) is 6.50. The molecule has 4 N–H and O–H groups in total. The zero-order valence-electron chi connectivity index (χ0n) is 13.0. The number of carbonyl (C=O) groups excluding carboxylic acids is 1. The van der Waals surface area contributed by atoms with Gasteiger partial charge in [-0.3, -0.25) is 4.79 Å². The Kier molecular flexibility index (Phi) is 4.45. The first-order valence-electron chi connectivity index (χ1n) is 7.95. The van der Waals surface area contributed by atoms with Crippen molar-refractivity contribution in [1.82, 2.24) is 15.2 Å². The van der Waals surface area contributed by atoms with E-state index in [0.717, 1.165) is 42.4 Å². The average Bonchev–Trinajstić information content (AvgIpc) is 2.97. The van der Waals surface area contributed by atoms with E-state index in [4.69, 9.17) is 5.73 Å². The van der Waals surface area contributed by atoms with E-state index in [1.807, 2.05) is 36.3 Å². The van der Waals surface area contributed by atoms with E-state index >= 15 is 0 Å². The van der Waals surface area contributed by atoms with Gasteiger partial charge in [0.05, 0.1) is 6.04 Å². The molecule has 0 radical (unpaired) electrons. The number of hydrogen-bond acceptors (Lipinski definition) is 3. The number of aromatic nitrogens is 1. The highest BCUT2D eigenvalue weighted by atomic mass is 16.2. The van der Waals surface area contributed by atoms with Gasteiger partial charge in [0.25, 0.3) is 0 Å². The third kappa shape index (κ3) is 3.00. The maximum Gasteiger partial charge on any atom is 0.239 e. The fraction of sp³-hybridized carbons (Fsp3) is 0.471. The Hall–Kier alpha value is -1.85. The molecule has 1 aromatic carbocycles. The minimum atomic E-state index is -0.477. The molecule has 5 nitrogen and oxygen atoms in total. The number of nitrogens with zero attached hydrogens (tertiary/aromatic N) is 1. The normalized spacial score (nSPS) is 20.3. The Morgan fingerprint density at radius 2 is 2.32 bits per heavy atom. The van der Waals surface area contributed by atoms with Crippen LogP contribution in [0.15, 0.2) is 30.5 Å². The summed E-state index contributed by atoms with van der Waals surface area (Å²) in [6.07, 6.45) is 4.70. The predicted octanol–water partition coefficient (Wildman–Crippen LogP) is 1.25. The van der Waals surface area contributed by atoms with Gasteiger partial charge in [-0.1, -0.05) is 18.2 Å². The quantitative estimate of drug-likeness (QED) is 0.795. The van der Waals surface area contributed by atoms with Gasteiger partial charge in [0, 0.05) is 36.2 Å². The van der Waals surface area contributed by atoms with Crippen molar-refractivity contribution in [2.75, 3.05) is 20.1 Å². The molecule has 5 heteroatoms. The molecule has 1 aliphatic rings. The average molecular weight is 300 g/mol. The molecule has 1 amide bonds. The SMILES string of the molecule is CNC1CCCN(C(=O)[C@@H](N)Cc2c[nH]c3ccccc23)C1. The highest BCUT2D eigenvalue weighted by Crippen LogP contribution is 2.19. The molecule has 0 spiro atoms. The molecule has 2 atom stereocenters. The lowest BCUT2D eigenvalue weighted by Crippen LogP contribution is -2.52. The Balaban J connectivity index is 1.68. The number of benzene rings is 1. The highest BCUT2D eigenvalue weighted by molar-refractivity contribution is 5.86. The van der Waals surface area contributed by atoms with Crippen LogP contribution in [0.5, 0.6) is 0 Å². The van der Waals surface area contributed by atoms with E-state index < -0.39 is 6.04 Å². The maximum atomic E-state index is 12.6. The molecular formula is C17H24N4O. The summed E-state index contributed by atoms with van der Waals surface area (Å²) in [4.78, 5) is 17.7. The third-order valence-electron chi connectivity index (χ3n) is 4.57. The number of para-hydroxylation sites is 1. The number of piperidine rings is 1. The van der Waals surface area contributed by atoms with Crippen LogP contribution in [0.2, 0.25) is 0 Å². The van der Waals surface area contributed by atoms with Crippen LogP contribution in [0.3, 0.4) is 0 Å². The fourth-order valence-corrected chi connectivity index (χ4v) is 3.27. The number of aromatic amines is 1. The number of nitrogens with two attached hydrogens (primary N) is 1. The van der Waals surface area contributed by atoms with Crippen LogP contribution in [0.25, 0.3) is 10.9 Å². The Bertz CT molecular complexity index is 651. The molecule has 1 saturated heterocycles. The summed E-state index contributed by atoms with van der Waals surface area (Å²) in [6.45, 7) is 1.58. The van der Waals surface area contributed by atoms with E-state index in [0.29, 0.717) is 12.5 Å². The molecule has 3 rings (SSSR count). The minimum Gasteiger partial charge on any atom is -0.361 e. The number of likely N-dealkylation sites (tertiary alicyclic amines) is 1. The molecular weight excluding hydrogens is 276 g/mol. The number of hydrogen-bond donors (Lipinski definition) is 3. The second-order valence-electron chi connectivity index (χ2n) is 6.08. The van der Waals surface area contributed by atoms with Crippen molar-refractivity contribution in [3.8, 4) is 0 Å². The van der Waals surface area contributed by atoms with Crippen LogP contribution in [0.1, 0.15) is 18.4 Å². The number of H-pyrrole nitrogens is 1. The molecule has 0 bridgehead atoms. The highest BCUT2D eigenvalue weighted by Gasteiger charge is 2.26. The summed E-state index contributed by atoms with van der Waals surface area (Å²) >= 11 is 0. The number of nitrogens with one attached hydrogen (secondary N) is 2. The summed E-state index contributed by atoms with van der Waals surface area (Å²) in [7, 11) is 1.95. The van der Waals surface area contributed by atoms with Crippen molar-refractivity contribution < 1.29 is 4.79 Å². The molecule has 2 aromatic rings. The van der Waals surface area contributed by atoms with E-state index in [2.05, 4.69) is 16.4 Å². The van der Waals surface area contributed by atoms with Gasteiger partial charge >= 0.3 is 0 Å². The van der Waals surface area contributed by atoms with Crippen molar-refractivity contribution in [3.63, 3.8) is 0 Å². The topological polar surface area (TPSA) is 74.2 Å². The van der Waals surface area contributed by atoms with E-state index in [1.165, 1.54) is 0 Å². The summed E-state index contributed by atoms with van der Waals surface area (Å²) in [5.74, 6) is 0.0604. The maximum absolute atomic E-state index is 12.6. The zero-order chi connectivity index (χ0) is 15.5. The lowest BCUT2D eigenvalue weighted by atomic mass is 10.0. The first-order chi connectivity index (χ1) is 10.7. The van der Waals surface area contributed by atoms with Gasteiger partial charge < -0.3 is 20.9 Å². The monoisotopic (exact) mass is 300 g/mol. The van der Waals surface area contributed by atoms with Gasteiger partial charge in [-0.05, 0) is 37.9 Å². The van der Waals surface area contributed by atoms with E-state index in [9.17, 15) is 4.79 Å². The summed E-state index contributed by atoms with van der Waals surface area (Å²) in [5, 5.41) is 4.41. The molecule has 0 saturated carbocycles. The second-order valence-corrected chi connectivity index (χ2v) is 6.08. The van der Waals surface area contributed by atoms with Crippen LogP contribution < -0.4 is 11.1 Å². The van der Waals surface area contributed by atoms with E-state index in [-0.39, 0.29) is 5.91 Å². The van der Waals surface area contributed by atoms with Crippen molar-refractivity contribution >= 4 is 16.8 Å². The minimum absolute atomic E-state index is 0.0604. The summed E-state index contributed by atoms with van der Waals surface area (Å²) < 4.78 is 0. The number of rotatable bonds is 4. The first kappa shape index (κ1) is 15.1. The number of fused-ring (bicyclic) bond motifs is 1. The van der Waals surface area contributed by atoms with Gasteiger partial charge in [0.15, 0.2) is 0 Å². The summed E-state index contributed by atoms with van der Waals surface area (Å²) in [5.41, 5.74) is 8.39. The van der Waals surface area contributed by atoms with Crippen LogP contribution in [0, 0.1) is 0 Å². The van der Waals surface area contributed by atoms with Gasteiger partial charge in [0.2, 0.25) is 5.91 Å². The lowest BCUT2D eigenvalue weighted by Gasteiger charge is -2.34. The first-order valence-corrected chi connectivity index (χ1v) is 7.95. The largest absolute Gasteiger partial charge is 0.361 e. The Labute approximate surface area is 130 Å². The Morgan fingerprint density at radius 1 is 1.50 bits per heavy atom. The van der Waals surface area contributed by atoms with Crippen molar-refractivity contribution in [2.24, 2.45) is 5.73 Å². The van der Waals surface area contributed by atoms with Gasteiger partial charge in [-0.15, -0.1) is 0 Å². The van der Waals surface area contributed by atoms with Crippen molar-refractivity contribution in [2.45, 2.75) is 31.3 Å². The number of carbonyl (C=O) groups is 1. The molecule has 0 aliphatic carbocycles. The predicted molar refractivity (Wildman–Crippen MR) is 88.6 cm³/mol. The van der Waals surface area contributed by atoms with Crippen molar-refractivity contribution in [1.29, 1.82) is 0 Å². The molecule has 1 unspecified atom stereocenters. The molecule has 118 valence electrons. The summed E-state index contributed by atoms with van der Waals surface area (Å²) in [6, 6.07) is 8.02. The molecule has 2 heterocycles.